The molecule has 1 aromatic heterocycles. The highest BCUT2D eigenvalue weighted by Crippen LogP contribution is 2.31. The van der Waals surface area contributed by atoms with Gasteiger partial charge in [-0.05, 0) is 31.2 Å². The summed E-state index contributed by atoms with van der Waals surface area (Å²) < 4.78 is 18.9. The van der Waals surface area contributed by atoms with Crippen molar-refractivity contribution in [3.8, 4) is 5.75 Å². The molecular weight excluding hydrogens is 359 g/mol. The Balaban J connectivity index is 1.37. The van der Waals surface area contributed by atoms with Gasteiger partial charge in [-0.3, -0.25) is 4.98 Å². The molecule has 2 heterocycles. The van der Waals surface area contributed by atoms with Crippen LogP contribution in [0.25, 0.3) is 10.8 Å². The summed E-state index contributed by atoms with van der Waals surface area (Å²) in [6.45, 7) is 4.16. The summed E-state index contributed by atoms with van der Waals surface area (Å²) in [7, 11) is 0. The van der Waals surface area contributed by atoms with Gasteiger partial charge < -0.3 is 20.3 Å². The van der Waals surface area contributed by atoms with E-state index in [9.17, 15) is 9.18 Å². The third-order valence-electron chi connectivity index (χ3n) is 4.70. The van der Waals surface area contributed by atoms with Crippen LogP contribution in [0.5, 0.6) is 5.75 Å². The van der Waals surface area contributed by atoms with E-state index in [4.69, 9.17) is 4.74 Å². The first-order valence-corrected chi connectivity index (χ1v) is 9.18. The van der Waals surface area contributed by atoms with Crippen LogP contribution in [-0.4, -0.2) is 37.3 Å². The highest BCUT2D eigenvalue weighted by Gasteiger charge is 2.18. The Labute approximate surface area is 162 Å². The molecule has 0 spiro atoms. The fourth-order valence-corrected chi connectivity index (χ4v) is 3.34. The number of pyridine rings is 1. The minimum absolute atomic E-state index is 0.269. The number of hydrogen-bond donors (Lipinski definition) is 2. The average Bonchev–Trinajstić information content (AvgIpc) is 2.68. The molecule has 0 saturated heterocycles. The molecule has 0 radical (unpaired) electrons. The number of aryl methyl sites for hydroxylation is 1. The summed E-state index contributed by atoms with van der Waals surface area (Å²) in [5.74, 6) is 0.217. The average molecular weight is 380 g/mol. The van der Waals surface area contributed by atoms with Gasteiger partial charge in [0.2, 0.25) is 0 Å². The smallest absolute Gasteiger partial charge is 0.319 e. The number of amides is 2. The van der Waals surface area contributed by atoms with E-state index in [1.54, 1.807) is 12.3 Å². The first-order valence-electron chi connectivity index (χ1n) is 9.18. The maximum Gasteiger partial charge on any atom is 0.319 e. The molecule has 0 aliphatic carbocycles. The van der Waals surface area contributed by atoms with Crippen LogP contribution in [0.3, 0.4) is 0 Å². The third-order valence-corrected chi connectivity index (χ3v) is 4.70. The number of benzene rings is 2. The monoisotopic (exact) mass is 380 g/mol. The highest BCUT2D eigenvalue weighted by atomic mass is 19.1. The van der Waals surface area contributed by atoms with Gasteiger partial charge in [0, 0.05) is 41.8 Å². The number of halogens is 1. The summed E-state index contributed by atoms with van der Waals surface area (Å²) in [6, 6.07) is 11.9. The second-order valence-electron chi connectivity index (χ2n) is 6.68. The lowest BCUT2D eigenvalue weighted by Gasteiger charge is -2.31. The van der Waals surface area contributed by atoms with E-state index in [0.717, 1.165) is 27.8 Å². The maximum absolute atomic E-state index is 13.4. The minimum atomic E-state index is -0.321. The quantitative estimate of drug-likeness (QED) is 0.724. The third kappa shape index (κ3) is 3.83. The zero-order chi connectivity index (χ0) is 19.5. The number of ether oxygens (including phenoxy) is 1. The molecular formula is C21H21FN4O2. The van der Waals surface area contributed by atoms with Gasteiger partial charge >= 0.3 is 6.03 Å². The molecule has 2 aromatic carbocycles. The summed E-state index contributed by atoms with van der Waals surface area (Å²) in [6.07, 6.45) is 1.80. The van der Waals surface area contributed by atoms with E-state index in [-0.39, 0.29) is 11.8 Å². The van der Waals surface area contributed by atoms with E-state index in [0.29, 0.717) is 32.0 Å². The van der Waals surface area contributed by atoms with Crippen LogP contribution in [0.15, 0.2) is 48.7 Å². The van der Waals surface area contributed by atoms with Crippen molar-refractivity contribution in [3.05, 3.63) is 60.2 Å². The first-order chi connectivity index (χ1) is 13.6. The topological polar surface area (TPSA) is 66.5 Å². The Hall–Kier alpha value is -3.35. The van der Waals surface area contributed by atoms with Crippen molar-refractivity contribution in [1.82, 2.24) is 10.3 Å². The molecule has 2 amide bonds. The van der Waals surface area contributed by atoms with E-state index < -0.39 is 0 Å². The molecule has 144 valence electrons. The van der Waals surface area contributed by atoms with Crippen molar-refractivity contribution in [2.24, 2.45) is 0 Å². The van der Waals surface area contributed by atoms with Crippen LogP contribution in [0.2, 0.25) is 0 Å². The minimum Gasteiger partial charge on any atom is -0.489 e. The number of rotatable bonds is 4. The Morgan fingerprint density at radius 1 is 1.29 bits per heavy atom. The molecule has 2 N–H and O–H groups in total. The molecule has 7 heteroatoms. The van der Waals surface area contributed by atoms with Crippen molar-refractivity contribution in [2.75, 3.05) is 36.5 Å². The van der Waals surface area contributed by atoms with E-state index >= 15 is 0 Å². The molecule has 28 heavy (non-hydrogen) atoms. The van der Waals surface area contributed by atoms with Crippen LogP contribution in [-0.2, 0) is 0 Å². The zero-order valence-electron chi connectivity index (χ0n) is 15.5. The number of nitrogens with one attached hydrogen (secondary N) is 2. The number of aromatic nitrogens is 1. The van der Waals surface area contributed by atoms with Gasteiger partial charge in [0.05, 0.1) is 17.9 Å². The van der Waals surface area contributed by atoms with Crippen LogP contribution in [0.4, 0.5) is 20.6 Å². The summed E-state index contributed by atoms with van der Waals surface area (Å²) in [5.41, 5.74) is 2.48. The number of fused-ring (bicyclic) bond motifs is 2. The summed E-state index contributed by atoms with van der Waals surface area (Å²) >= 11 is 0. The number of urea groups is 1. The number of nitrogens with zero attached hydrogens (tertiary/aromatic N) is 2. The lowest BCUT2D eigenvalue weighted by molar-refractivity contribution is 0.252. The van der Waals surface area contributed by atoms with Gasteiger partial charge in [0.15, 0.2) is 0 Å². The van der Waals surface area contributed by atoms with Crippen molar-refractivity contribution in [2.45, 2.75) is 6.92 Å². The fourth-order valence-electron chi connectivity index (χ4n) is 3.34. The largest absolute Gasteiger partial charge is 0.489 e. The second-order valence-corrected chi connectivity index (χ2v) is 6.68. The van der Waals surface area contributed by atoms with Crippen LogP contribution in [0, 0.1) is 12.7 Å². The second kappa shape index (κ2) is 7.72. The van der Waals surface area contributed by atoms with Gasteiger partial charge in [-0.2, -0.15) is 0 Å². The Kier molecular flexibility index (Phi) is 4.97. The zero-order valence-corrected chi connectivity index (χ0v) is 15.5. The van der Waals surface area contributed by atoms with Crippen molar-refractivity contribution in [1.29, 1.82) is 0 Å². The normalized spacial score (nSPS) is 13.0. The molecule has 4 rings (SSSR count). The van der Waals surface area contributed by atoms with Gasteiger partial charge in [-0.25, -0.2) is 9.18 Å². The van der Waals surface area contributed by atoms with Gasteiger partial charge in [0.25, 0.3) is 0 Å². The molecule has 0 fully saturated rings. The maximum atomic E-state index is 13.4. The van der Waals surface area contributed by atoms with E-state index in [1.165, 1.54) is 12.1 Å². The van der Waals surface area contributed by atoms with Crippen molar-refractivity contribution < 1.29 is 13.9 Å². The van der Waals surface area contributed by atoms with Gasteiger partial charge in [0.1, 0.15) is 18.2 Å². The van der Waals surface area contributed by atoms with Crippen molar-refractivity contribution in [3.63, 3.8) is 0 Å². The number of carbonyl (C=O) groups is 1. The SMILES string of the molecule is Cc1cc2c(NC(=O)NCCN3CCOc4cc(F)ccc43)cccc2cn1. The standard InChI is InChI=1S/C21H21FN4O2/c1-14-11-17-15(13-24-14)3-2-4-18(17)25-21(27)23-7-8-26-9-10-28-20-12-16(22)5-6-19(20)26/h2-6,11-13H,7-10H2,1H3,(H2,23,25,27). The first kappa shape index (κ1) is 18.0. The van der Waals surface area contributed by atoms with E-state index in [2.05, 4.69) is 20.5 Å². The highest BCUT2D eigenvalue weighted by molar-refractivity contribution is 6.01. The Bertz CT molecular complexity index is 1020. The number of carbonyl (C=O) groups excluding carboxylic acids is 1. The molecule has 0 saturated carbocycles. The molecule has 1 aliphatic heterocycles. The summed E-state index contributed by atoms with van der Waals surface area (Å²) in [5, 5.41) is 7.71. The predicted octanol–water partition coefficient (Wildman–Crippen LogP) is 3.70. The number of hydrogen-bond acceptors (Lipinski definition) is 4. The number of anilines is 2. The Morgan fingerprint density at radius 2 is 2.18 bits per heavy atom. The molecule has 1 aliphatic rings. The van der Waals surface area contributed by atoms with E-state index in [1.807, 2.05) is 31.2 Å². The molecule has 0 atom stereocenters. The van der Waals surface area contributed by atoms with Crippen LogP contribution in [0.1, 0.15) is 5.69 Å². The molecule has 6 nitrogen and oxygen atoms in total. The van der Waals surface area contributed by atoms with Gasteiger partial charge in [-0.15, -0.1) is 0 Å². The molecule has 0 unspecified atom stereocenters. The van der Waals surface area contributed by atoms with Crippen LogP contribution >= 0.6 is 0 Å². The lowest BCUT2D eigenvalue weighted by Crippen LogP contribution is -2.40. The molecule has 3 aromatic rings. The summed E-state index contributed by atoms with van der Waals surface area (Å²) in [4.78, 5) is 18.7. The molecule has 0 bridgehead atoms. The lowest BCUT2D eigenvalue weighted by atomic mass is 10.1. The van der Waals surface area contributed by atoms with Crippen LogP contribution < -0.4 is 20.3 Å². The van der Waals surface area contributed by atoms with Gasteiger partial charge in [-0.1, -0.05) is 12.1 Å². The van der Waals surface area contributed by atoms with Crippen molar-refractivity contribution >= 4 is 28.2 Å². The Morgan fingerprint density at radius 3 is 3.07 bits per heavy atom. The predicted molar refractivity (Wildman–Crippen MR) is 108 cm³/mol. The fraction of sp³-hybridized carbons (Fsp3) is 0.238.